The Balaban J connectivity index is 1.89. The molecule has 0 saturated carbocycles. The van der Waals surface area contributed by atoms with Gasteiger partial charge in [-0.25, -0.2) is 0 Å². The molecule has 0 spiro atoms. The number of aliphatic hydroxyl groups is 1. The van der Waals surface area contributed by atoms with E-state index in [-0.39, 0.29) is 6.42 Å². The number of hydrogen-bond acceptors (Lipinski definition) is 3. The maximum absolute atomic E-state index is 10.3. The zero-order chi connectivity index (χ0) is 17.5. The second-order valence-corrected chi connectivity index (χ2v) is 6.19. The van der Waals surface area contributed by atoms with Gasteiger partial charge in [-0.15, -0.1) is 0 Å². The summed E-state index contributed by atoms with van der Waals surface area (Å²) in [5.41, 5.74) is 0. The van der Waals surface area contributed by atoms with Crippen molar-refractivity contribution in [2.24, 2.45) is 0 Å². The van der Waals surface area contributed by atoms with Crippen LogP contribution < -0.4 is 0 Å². The lowest BCUT2D eigenvalue weighted by atomic mass is 10.1. The molecule has 0 radical (unpaired) electrons. The monoisotopic (exact) mass is 336 g/mol. The summed E-state index contributed by atoms with van der Waals surface area (Å²) in [5, 5.41) is 17.2. The minimum absolute atomic E-state index is 0.249. The van der Waals surface area contributed by atoms with Crippen molar-refractivity contribution in [1.82, 2.24) is 0 Å². The van der Waals surface area contributed by atoms with Gasteiger partial charge >= 0.3 is 5.97 Å². The van der Waals surface area contributed by atoms with Crippen LogP contribution in [0.3, 0.4) is 0 Å². The number of unbranched alkanes of at least 4 members (excludes halogenated alkanes) is 3. The first-order valence-electron chi connectivity index (χ1n) is 9.17. The molecular weight excluding hydrogens is 304 g/mol. The number of allylic oxidation sites excluding steroid dienone is 5. The lowest BCUT2D eigenvalue weighted by molar-refractivity contribution is -0.137. The highest BCUT2D eigenvalue weighted by Gasteiger charge is 2.36. The van der Waals surface area contributed by atoms with Gasteiger partial charge in [0.2, 0.25) is 0 Å². The molecule has 1 aliphatic heterocycles. The van der Waals surface area contributed by atoms with Crippen molar-refractivity contribution in [2.75, 3.05) is 6.61 Å². The Kier molecular flexibility index (Phi) is 12.0. The maximum atomic E-state index is 10.3. The van der Waals surface area contributed by atoms with Crippen LogP contribution in [0.5, 0.6) is 0 Å². The summed E-state index contributed by atoms with van der Waals surface area (Å²) in [6.07, 6.45) is 22.6. The summed E-state index contributed by atoms with van der Waals surface area (Å²) in [4.78, 5) is 10.3. The van der Waals surface area contributed by atoms with Gasteiger partial charge in [0.25, 0.3) is 0 Å². The second kappa shape index (κ2) is 14.0. The van der Waals surface area contributed by atoms with Crippen molar-refractivity contribution in [3.8, 4) is 0 Å². The summed E-state index contributed by atoms with van der Waals surface area (Å²) < 4.78 is 5.63. The minimum atomic E-state index is -0.723. The zero-order valence-electron chi connectivity index (χ0n) is 14.6. The Hall–Kier alpha value is -1.39. The molecule has 4 heteroatoms. The summed E-state index contributed by atoms with van der Waals surface area (Å²) in [6.45, 7) is 0.297. The smallest absolute Gasteiger partial charge is 0.303 e. The van der Waals surface area contributed by atoms with Crippen LogP contribution in [0.15, 0.2) is 36.5 Å². The zero-order valence-corrected chi connectivity index (χ0v) is 14.6. The van der Waals surface area contributed by atoms with Gasteiger partial charge in [0.05, 0.1) is 12.2 Å². The van der Waals surface area contributed by atoms with Crippen LogP contribution >= 0.6 is 0 Å². The van der Waals surface area contributed by atoms with Crippen molar-refractivity contribution in [3.63, 3.8) is 0 Å². The first kappa shape index (κ1) is 20.7. The van der Waals surface area contributed by atoms with E-state index in [1.165, 1.54) is 0 Å². The van der Waals surface area contributed by atoms with Crippen molar-refractivity contribution in [3.05, 3.63) is 36.5 Å². The SMILES string of the molecule is O=C(O)CCC/C=C\C/C=C\C/C=C\C[C@H]1O[C@H]1CCCCCO. The molecule has 0 bridgehead atoms. The van der Waals surface area contributed by atoms with E-state index in [1.807, 2.05) is 6.08 Å². The predicted octanol–water partition coefficient (Wildman–Crippen LogP) is 4.40. The Morgan fingerprint density at radius 3 is 2.29 bits per heavy atom. The molecule has 0 unspecified atom stereocenters. The average Bonchev–Trinajstić information content (AvgIpc) is 3.30. The fourth-order valence-electron chi connectivity index (χ4n) is 2.54. The van der Waals surface area contributed by atoms with Gasteiger partial charge in [0, 0.05) is 13.0 Å². The molecule has 1 aliphatic rings. The first-order valence-corrected chi connectivity index (χ1v) is 9.17. The van der Waals surface area contributed by atoms with E-state index in [0.717, 1.165) is 51.4 Å². The van der Waals surface area contributed by atoms with Crippen LogP contribution in [0.2, 0.25) is 0 Å². The highest BCUT2D eigenvalue weighted by Crippen LogP contribution is 2.30. The molecule has 4 nitrogen and oxygen atoms in total. The van der Waals surface area contributed by atoms with E-state index in [1.54, 1.807) is 0 Å². The van der Waals surface area contributed by atoms with Crippen molar-refractivity contribution in [1.29, 1.82) is 0 Å². The molecule has 24 heavy (non-hydrogen) atoms. The number of carbonyl (C=O) groups is 1. The Labute approximate surface area is 145 Å². The number of carboxylic acids is 1. The van der Waals surface area contributed by atoms with E-state index in [4.69, 9.17) is 14.9 Å². The van der Waals surface area contributed by atoms with E-state index in [0.29, 0.717) is 25.2 Å². The fraction of sp³-hybridized carbons (Fsp3) is 0.650. The van der Waals surface area contributed by atoms with Crippen LogP contribution in [0.1, 0.15) is 64.2 Å². The number of rotatable bonds is 15. The van der Waals surface area contributed by atoms with Crippen molar-refractivity contribution >= 4 is 5.97 Å². The molecule has 136 valence electrons. The Morgan fingerprint density at radius 1 is 0.875 bits per heavy atom. The van der Waals surface area contributed by atoms with Gasteiger partial charge in [0.15, 0.2) is 0 Å². The summed E-state index contributed by atoms with van der Waals surface area (Å²) in [5.74, 6) is -0.723. The predicted molar refractivity (Wildman–Crippen MR) is 97.0 cm³/mol. The number of ether oxygens (including phenoxy) is 1. The molecule has 2 N–H and O–H groups in total. The topological polar surface area (TPSA) is 70.1 Å². The number of carboxylic acid groups (broad SMARTS) is 1. The standard InChI is InChI=1S/C20H32O4/c21-17-13-9-11-15-19-18(24-19)14-10-7-5-3-1-2-4-6-8-12-16-20(22)23/h1,3-4,6-7,10,18-19,21H,2,5,8-9,11-17H2,(H,22,23)/b3-1-,6-4-,10-7-/t18-,19+/m1/s1. The third kappa shape index (κ3) is 12.1. The first-order chi connectivity index (χ1) is 11.7. The van der Waals surface area contributed by atoms with Crippen molar-refractivity contribution < 1.29 is 19.7 Å². The molecular formula is C20H32O4. The lowest BCUT2D eigenvalue weighted by Gasteiger charge is -1.95. The molecule has 0 aliphatic carbocycles. The molecule has 1 heterocycles. The van der Waals surface area contributed by atoms with E-state index >= 15 is 0 Å². The molecule has 0 aromatic rings. The highest BCUT2D eigenvalue weighted by molar-refractivity contribution is 5.66. The summed E-state index contributed by atoms with van der Waals surface area (Å²) in [6, 6.07) is 0. The summed E-state index contributed by atoms with van der Waals surface area (Å²) >= 11 is 0. The summed E-state index contributed by atoms with van der Waals surface area (Å²) in [7, 11) is 0. The molecule has 0 aromatic carbocycles. The highest BCUT2D eigenvalue weighted by atomic mass is 16.6. The molecule has 1 saturated heterocycles. The lowest BCUT2D eigenvalue weighted by Crippen LogP contribution is -1.93. The van der Waals surface area contributed by atoms with Crippen LogP contribution in [0.4, 0.5) is 0 Å². The van der Waals surface area contributed by atoms with Crippen LogP contribution in [0.25, 0.3) is 0 Å². The second-order valence-electron chi connectivity index (χ2n) is 6.19. The van der Waals surface area contributed by atoms with Crippen LogP contribution in [-0.4, -0.2) is 35.0 Å². The van der Waals surface area contributed by atoms with E-state index in [2.05, 4.69) is 30.4 Å². The van der Waals surface area contributed by atoms with E-state index in [9.17, 15) is 4.79 Å². The van der Waals surface area contributed by atoms with Gasteiger partial charge in [-0.05, 0) is 44.9 Å². The molecule has 1 fully saturated rings. The van der Waals surface area contributed by atoms with Crippen LogP contribution in [0, 0.1) is 0 Å². The van der Waals surface area contributed by atoms with Gasteiger partial charge < -0.3 is 14.9 Å². The van der Waals surface area contributed by atoms with Crippen molar-refractivity contribution in [2.45, 2.75) is 76.4 Å². The Morgan fingerprint density at radius 2 is 1.58 bits per heavy atom. The Bertz CT molecular complexity index is 412. The number of aliphatic hydroxyl groups excluding tert-OH is 1. The number of epoxide rings is 1. The quantitative estimate of drug-likeness (QED) is 0.264. The average molecular weight is 336 g/mol. The van der Waals surface area contributed by atoms with Gasteiger partial charge in [-0.2, -0.15) is 0 Å². The van der Waals surface area contributed by atoms with Gasteiger partial charge in [-0.3, -0.25) is 4.79 Å². The normalized spacial score (nSPS) is 20.5. The largest absolute Gasteiger partial charge is 0.481 e. The third-order valence-corrected chi connectivity index (χ3v) is 4.01. The number of hydrogen-bond donors (Lipinski definition) is 2. The molecule has 0 amide bonds. The molecule has 2 atom stereocenters. The minimum Gasteiger partial charge on any atom is -0.481 e. The maximum Gasteiger partial charge on any atom is 0.303 e. The fourth-order valence-corrected chi connectivity index (χ4v) is 2.54. The molecule has 1 rings (SSSR count). The van der Waals surface area contributed by atoms with Gasteiger partial charge in [-0.1, -0.05) is 49.3 Å². The molecule has 0 aromatic heterocycles. The van der Waals surface area contributed by atoms with Crippen LogP contribution in [-0.2, 0) is 9.53 Å². The van der Waals surface area contributed by atoms with Gasteiger partial charge in [0.1, 0.15) is 0 Å². The number of aliphatic carboxylic acids is 1. The third-order valence-electron chi connectivity index (χ3n) is 4.01. The van der Waals surface area contributed by atoms with E-state index < -0.39 is 5.97 Å².